The van der Waals surface area contributed by atoms with Gasteiger partial charge in [-0.2, -0.15) is 0 Å². The molecule has 1 aromatic carbocycles. The average molecular weight is 300 g/mol. The molecule has 1 aromatic heterocycles. The Bertz CT molecular complexity index is 704. The van der Waals surface area contributed by atoms with Gasteiger partial charge in [-0.1, -0.05) is 24.3 Å². The Kier molecular flexibility index (Phi) is 3.38. The molecule has 5 heteroatoms. The molecule has 1 amide bonds. The zero-order chi connectivity index (χ0) is 14.1. The van der Waals surface area contributed by atoms with Gasteiger partial charge in [-0.25, -0.2) is 0 Å². The Morgan fingerprint density at radius 3 is 2.75 bits per heavy atom. The van der Waals surface area contributed by atoms with Crippen molar-refractivity contribution in [3.05, 3.63) is 57.9 Å². The molecule has 0 unspecified atom stereocenters. The van der Waals surface area contributed by atoms with Crippen LogP contribution in [0.25, 0.3) is 6.08 Å². The summed E-state index contributed by atoms with van der Waals surface area (Å²) in [4.78, 5) is 15.1. The summed E-state index contributed by atoms with van der Waals surface area (Å²) >= 11 is 6.87. The third kappa shape index (κ3) is 2.26. The van der Waals surface area contributed by atoms with Crippen molar-refractivity contribution in [1.82, 2.24) is 5.32 Å². The molecule has 20 heavy (non-hydrogen) atoms. The Balaban J connectivity index is 1.98. The summed E-state index contributed by atoms with van der Waals surface area (Å²) < 4.78 is 0. The number of rotatable bonds is 2. The SMILES string of the molecule is Cc1ccccc1N1C(=O)/C(=C\c2cccs2)NC1=S. The summed E-state index contributed by atoms with van der Waals surface area (Å²) in [7, 11) is 0. The molecule has 1 fully saturated rings. The summed E-state index contributed by atoms with van der Waals surface area (Å²) in [6.07, 6.45) is 1.83. The number of hydrogen-bond acceptors (Lipinski definition) is 3. The third-order valence-electron chi connectivity index (χ3n) is 3.06. The number of aryl methyl sites for hydroxylation is 1. The number of carbonyl (C=O) groups is 1. The molecule has 1 aliphatic heterocycles. The van der Waals surface area contributed by atoms with Crippen LogP contribution in [0.15, 0.2) is 47.5 Å². The second-order valence-corrected chi connectivity index (χ2v) is 5.80. The van der Waals surface area contributed by atoms with Crippen LogP contribution in [0, 0.1) is 6.92 Å². The van der Waals surface area contributed by atoms with Crippen LogP contribution < -0.4 is 10.2 Å². The second-order valence-electron chi connectivity index (χ2n) is 4.43. The van der Waals surface area contributed by atoms with Crippen molar-refractivity contribution in [3.8, 4) is 0 Å². The molecule has 0 aliphatic carbocycles. The van der Waals surface area contributed by atoms with E-state index in [1.165, 1.54) is 0 Å². The summed E-state index contributed by atoms with van der Waals surface area (Å²) in [6, 6.07) is 11.6. The number of thiocarbonyl (C=S) groups is 1. The second kappa shape index (κ2) is 5.19. The van der Waals surface area contributed by atoms with Crippen molar-refractivity contribution < 1.29 is 4.79 Å². The molecule has 100 valence electrons. The Hall–Kier alpha value is -1.98. The topological polar surface area (TPSA) is 32.3 Å². The van der Waals surface area contributed by atoms with E-state index < -0.39 is 0 Å². The van der Waals surface area contributed by atoms with Gasteiger partial charge in [0.2, 0.25) is 0 Å². The smallest absolute Gasteiger partial charge is 0.281 e. The minimum Gasteiger partial charge on any atom is -0.327 e. The van der Waals surface area contributed by atoms with E-state index in [9.17, 15) is 4.79 Å². The van der Waals surface area contributed by atoms with Gasteiger partial charge in [-0.05, 0) is 48.3 Å². The van der Waals surface area contributed by atoms with Gasteiger partial charge in [0.1, 0.15) is 5.70 Å². The maximum Gasteiger partial charge on any atom is 0.281 e. The van der Waals surface area contributed by atoms with Crippen LogP contribution in [-0.2, 0) is 4.79 Å². The predicted octanol–water partition coefficient (Wildman–Crippen LogP) is 3.32. The fraction of sp³-hybridized carbons (Fsp3) is 0.0667. The molecule has 1 saturated heterocycles. The quantitative estimate of drug-likeness (QED) is 0.682. The number of nitrogens with zero attached hydrogens (tertiary/aromatic N) is 1. The van der Waals surface area contributed by atoms with Gasteiger partial charge >= 0.3 is 0 Å². The number of hydrogen-bond donors (Lipinski definition) is 1. The molecule has 2 heterocycles. The van der Waals surface area contributed by atoms with E-state index in [1.54, 1.807) is 16.2 Å². The lowest BCUT2D eigenvalue weighted by molar-refractivity contribution is -0.113. The van der Waals surface area contributed by atoms with E-state index in [4.69, 9.17) is 12.2 Å². The minimum absolute atomic E-state index is 0.113. The lowest BCUT2D eigenvalue weighted by atomic mass is 10.2. The minimum atomic E-state index is -0.113. The maximum atomic E-state index is 12.5. The molecular formula is C15H12N2OS2. The highest BCUT2D eigenvalue weighted by Gasteiger charge is 2.32. The van der Waals surface area contributed by atoms with Gasteiger partial charge in [0.15, 0.2) is 5.11 Å². The van der Waals surface area contributed by atoms with E-state index in [0.717, 1.165) is 16.1 Å². The first-order chi connectivity index (χ1) is 9.66. The van der Waals surface area contributed by atoms with Gasteiger partial charge in [0.05, 0.1) is 5.69 Å². The van der Waals surface area contributed by atoms with Gasteiger partial charge in [0, 0.05) is 4.88 Å². The average Bonchev–Trinajstić information content (AvgIpc) is 3.01. The summed E-state index contributed by atoms with van der Waals surface area (Å²) in [5, 5.41) is 5.39. The van der Waals surface area contributed by atoms with Crippen LogP contribution in [0.2, 0.25) is 0 Å². The molecule has 0 atom stereocenters. The molecule has 1 aliphatic rings. The van der Waals surface area contributed by atoms with Crippen LogP contribution in [0.4, 0.5) is 5.69 Å². The number of carbonyl (C=O) groups excluding carboxylic acids is 1. The molecule has 0 saturated carbocycles. The normalized spacial score (nSPS) is 16.9. The van der Waals surface area contributed by atoms with E-state index in [2.05, 4.69) is 5.32 Å². The predicted molar refractivity (Wildman–Crippen MR) is 86.7 cm³/mol. The van der Waals surface area contributed by atoms with Crippen LogP contribution in [0.5, 0.6) is 0 Å². The van der Waals surface area contributed by atoms with Gasteiger partial charge in [-0.3, -0.25) is 9.69 Å². The van der Waals surface area contributed by atoms with Crippen LogP contribution in [0.1, 0.15) is 10.4 Å². The zero-order valence-electron chi connectivity index (χ0n) is 10.8. The zero-order valence-corrected chi connectivity index (χ0v) is 12.4. The number of amides is 1. The van der Waals surface area contributed by atoms with Crippen molar-refractivity contribution in [1.29, 1.82) is 0 Å². The highest BCUT2D eigenvalue weighted by Crippen LogP contribution is 2.26. The Morgan fingerprint density at radius 2 is 2.05 bits per heavy atom. The molecule has 0 radical (unpaired) electrons. The number of para-hydroxylation sites is 1. The number of nitrogens with one attached hydrogen (secondary N) is 1. The van der Waals surface area contributed by atoms with Crippen molar-refractivity contribution >= 4 is 46.3 Å². The van der Waals surface area contributed by atoms with Crippen molar-refractivity contribution in [2.24, 2.45) is 0 Å². The monoisotopic (exact) mass is 300 g/mol. The van der Waals surface area contributed by atoms with Crippen LogP contribution >= 0.6 is 23.6 Å². The number of thiophene rings is 1. The van der Waals surface area contributed by atoms with E-state index in [0.29, 0.717) is 10.8 Å². The van der Waals surface area contributed by atoms with E-state index in [-0.39, 0.29) is 5.91 Å². The first-order valence-electron chi connectivity index (χ1n) is 6.13. The highest BCUT2D eigenvalue weighted by molar-refractivity contribution is 7.80. The molecule has 0 spiro atoms. The number of anilines is 1. The van der Waals surface area contributed by atoms with Gasteiger partial charge in [-0.15, -0.1) is 11.3 Å². The largest absolute Gasteiger partial charge is 0.327 e. The van der Waals surface area contributed by atoms with Crippen molar-refractivity contribution in [3.63, 3.8) is 0 Å². The van der Waals surface area contributed by atoms with Gasteiger partial charge in [0.25, 0.3) is 5.91 Å². The first kappa shape index (κ1) is 13.0. The Labute approximate surface area is 126 Å². The molecule has 3 rings (SSSR count). The van der Waals surface area contributed by atoms with Crippen LogP contribution in [0.3, 0.4) is 0 Å². The third-order valence-corrected chi connectivity index (χ3v) is 4.17. The summed E-state index contributed by atoms with van der Waals surface area (Å²) in [6.45, 7) is 1.96. The molecule has 2 aromatic rings. The summed E-state index contributed by atoms with van der Waals surface area (Å²) in [5.41, 5.74) is 2.35. The van der Waals surface area contributed by atoms with Crippen molar-refractivity contribution in [2.75, 3.05) is 4.90 Å². The molecule has 0 bridgehead atoms. The highest BCUT2D eigenvalue weighted by atomic mass is 32.1. The van der Waals surface area contributed by atoms with E-state index in [1.807, 2.05) is 54.8 Å². The number of benzene rings is 1. The fourth-order valence-electron chi connectivity index (χ4n) is 2.08. The standard InChI is InChI=1S/C15H12N2OS2/c1-10-5-2-3-7-13(10)17-14(18)12(16-15(17)19)9-11-6-4-8-20-11/h2-9H,1H3,(H,16,19)/b12-9+. The van der Waals surface area contributed by atoms with Crippen molar-refractivity contribution in [2.45, 2.75) is 6.92 Å². The first-order valence-corrected chi connectivity index (χ1v) is 7.42. The molecule has 3 nitrogen and oxygen atoms in total. The molecular weight excluding hydrogens is 288 g/mol. The lowest BCUT2D eigenvalue weighted by Crippen LogP contribution is -2.30. The fourth-order valence-corrected chi connectivity index (χ4v) is 3.03. The Morgan fingerprint density at radius 1 is 1.25 bits per heavy atom. The lowest BCUT2D eigenvalue weighted by Gasteiger charge is -2.16. The molecule has 1 N–H and O–H groups in total. The summed E-state index contributed by atoms with van der Waals surface area (Å²) in [5.74, 6) is -0.113. The van der Waals surface area contributed by atoms with Gasteiger partial charge < -0.3 is 5.32 Å². The van der Waals surface area contributed by atoms with E-state index >= 15 is 0 Å². The van der Waals surface area contributed by atoms with Crippen LogP contribution in [-0.4, -0.2) is 11.0 Å². The maximum absolute atomic E-state index is 12.5.